The van der Waals surface area contributed by atoms with E-state index in [0.717, 1.165) is 44.5 Å². The fraction of sp³-hybridized carbons (Fsp3) is 0.643. The van der Waals surface area contributed by atoms with Crippen molar-refractivity contribution in [2.45, 2.75) is 44.3 Å². The highest BCUT2D eigenvalue weighted by molar-refractivity contribution is 5.90. The van der Waals surface area contributed by atoms with Crippen LogP contribution in [-0.4, -0.2) is 48.5 Å². The second-order valence-corrected chi connectivity index (χ2v) is 6.18. The third-order valence-corrected chi connectivity index (χ3v) is 4.38. The number of nitrogens with zero attached hydrogens (tertiary/aromatic N) is 6. The Hall–Kier alpha value is -2.29. The number of nitrogens with one attached hydrogen (secondary N) is 1. The van der Waals surface area contributed by atoms with Gasteiger partial charge in [0.05, 0.1) is 17.9 Å². The lowest BCUT2D eigenvalue weighted by Crippen LogP contribution is -2.27. The van der Waals surface area contributed by atoms with E-state index in [9.17, 15) is 4.79 Å². The van der Waals surface area contributed by atoms with Crippen LogP contribution in [0.3, 0.4) is 0 Å². The summed E-state index contributed by atoms with van der Waals surface area (Å²) in [5.41, 5.74) is 1.03. The third kappa shape index (κ3) is 2.96. The third-order valence-electron chi connectivity index (χ3n) is 4.38. The van der Waals surface area contributed by atoms with E-state index in [1.807, 2.05) is 7.05 Å². The quantitative estimate of drug-likeness (QED) is 0.853. The second kappa shape index (κ2) is 5.73. The Morgan fingerprint density at radius 2 is 2.30 bits per heavy atom. The largest absolute Gasteiger partial charge is 0.346 e. The number of amides is 1. The van der Waals surface area contributed by atoms with Gasteiger partial charge in [-0.1, -0.05) is 10.4 Å². The predicted molar refractivity (Wildman–Crippen MR) is 78.2 cm³/mol. The zero-order valence-electron chi connectivity index (χ0n) is 13.0. The number of carbonyl (C=O) groups is 1. The minimum atomic E-state index is -0.247. The Kier molecular flexibility index (Phi) is 3.56. The predicted octanol–water partition coefficient (Wildman–Crippen LogP) is 0.427. The van der Waals surface area contributed by atoms with Crippen molar-refractivity contribution in [3.8, 4) is 0 Å². The molecule has 23 heavy (non-hydrogen) atoms. The van der Waals surface area contributed by atoms with Gasteiger partial charge in [0.1, 0.15) is 0 Å². The maximum Gasteiger partial charge on any atom is 0.292 e. The van der Waals surface area contributed by atoms with Gasteiger partial charge in [-0.15, -0.1) is 5.10 Å². The molecule has 2 aromatic heterocycles. The van der Waals surface area contributed by atoms with E-state index in [-0.39, 0.29) is 23.8 Å². The van der Waals surface area contributed by atoms with Gasteiger partial charge in [-0.3, -0.25) is 14.4 Å². The molecular weight excluding hydrogens is 298 g/mol. The minimum absolute atomic E-state index is 0.0416. The summed E-state index contributed by atoms with van der Waals surface area (Å²) in [5.74, 6) is 0.391. The molecule has 0 radical (unpaired) electrons. The van der Waals surface area contributed by atoms with Crippen molar-refractivity contribution >= 4 is 5.91 Å². The van der Waals surface area contributed by atoms with Crippen molar-refractivity contribution in [3.05, 3.63) is 23.6 Å². The van der Waals surface area contributed by atoms with E-state index in [0.29, 0.717) is 5.89 Å². The van der Waals surface area contributed by atoms with Crippen LogP contribution in [0.2, 0.25) is 0 Å². The van der Waals surface area contributed by atoms with Gasteiger partial charge in [-0.25, -0.2) is 0 Å². The van der Waals surface area contributed by atoms with Gasteiger partial charge in [0.15, 0.2) is 0 Å². The molecule has 0 unspecified atom stereocenters. The summed E-state index contributed by atoms with van der Waals surface area (Å²) in [5, 5.41) is 14.6. The van der Waals surface area contributed by atoms with Gasteiger partial charge in [-0.05, 0) is 32.2 Å². The monoisotopic (exact) mass is 317 g/mol. The van der Waals surface area contributed by atoms with Gasteiger partial charge >= 0.3 is 0 Å². The molecule has 2 aliphatic rings. The minimum Gasteiger partial charge on any atom is -0.346 e. The molecule has 0 aromatic carbocycles. The molecule has 9 nitrogen and oxygen atoms in total. The van der Waals surface area contributed by atoms with Crippen LogP contribution in [0.15, 0.2) is 10.7 Å². The molecule has 2 fully saturated rings. The summed E-state index contributed by atoms with van der Waals surface area (Å²) in [7, 11) is 1.88. The summed E-state index contributed by atoms with van der Waals surface area (Å²) in [4.78, 5) is 18.5. The molecule has 3 heterocycles. The Labute approximate surface area is 133 Å². The van der Waals surface area contributed by atoms with E-state index in [2.05, 4.69) is 30.7 Å². The topological polar surface area (TPSA) is 102 Å². The lowest BCUT2D eigenvalue weighted by atomic mass is 10.2. The van der Waals surface area contributed by atoms with Gasteiger partial charge in [0.2, 0.25) is 5.89 Å². The van der Waals surface area contributed by atoms with Crippen LogP contribution < -0.4 is 5.32 Å². The fourth-order valence-corrected chi connectivity index (χ4v) is 2.90. The molecule has 1 atom stereocenters. The molecule has 2 aromatic rings. The first kappa shape index (κ1) is 14.3. The van der Waals surface area contributed by atoms with Crippen molar-refractivity contribution in [2.75, 3.05) is 6.54 Å². The summed E-state index contributed by atoms with van der Waals surface area (Å²) >= 11 is 0. The normalized spacial score (nSPS) is 21.7. The highest BCUT2D eigenvalue weighted by Crippen LogP contribution is 2.32. The first-order chi connectivity index (χ1) is 11.2. The van der Waals surface area contributed by atoms with Crippen LogP contribution >= 0.6 is 0 Å². The Balaban J connectivity index is 1.46. The molecule has 9 heteroatoms. The van der Waals surface area contributed by atoms with Crippen molar-refractivity contribution in [1.82, 2.24) is 35.4 Å². The molecule has 0 bridgehead atoms. The van der Waals surface area contributed by atoms with Gasteiger partial charge in [0, 0.05) is 19.6 Å². The first-order valence-corrected chi connectivity index (χ1v) is 7.93. The molecule has 122 valence electrons. The van der Waals surface area contributed by atoms with Crippen LogP contribution in [0.4, 0.5) is 0 Å². The van der Waals surface area contributed by atoms with Crippen LogP contribution in [0, 0.1) is 0 Å². The molecule has 4 rings (SSSR count). The molecule has 1 aliphatic carbocycles. The molecule has 1 N–H and O–H groups in total. The van der Waals surface area contributed by atoms with Crippen molar-refractivity contribution < 1.29 is 9.32 Å². The number of carbonyl (C=O) groups excluding carboxylic acids is 1. The van der Waals surface area contributed by atoms with Crippen LogP contribution in [0.1, 0.15) is 53.9 Å². The smallest absolute Gasteiger partial charge is 0.292 e. The molecule has 1 saturated carbocycles. The number of aryl methyl sites for hydroxylation is 1. The highest BCUT2D eigenvalue weighted by Gasteiger charge is 2.33. The zero-order valence-corrected chi connectivity index (χ0v) is 13.0. The standard InChI is InChI=1S/C14H19N7O2/c1-20-10(7-15-19-20)8-21-6-2-3-11(21)14-17-12(18-23-14)13(22)16-9-4-5-9/h7,9,11H,2-6,8H2,1H3,(H,16,22)/t11-/m1/s1. The fourth-order valence-electron chi connectivity index (χ4n) is 2.90. The highest BCUT2D eigenvalue weighted by atomic mass is 16.5. The van der Waals surface area contributed by atoms with E-state index >= 15 is 0 Å². The van der Waals surface area contributed by atoms with E-state index in [1.165, 1.54) is 0 Å². The average molecular weight is 317 g/mol. The van der Waals surface area contributed by atoms with Gasteiger partial charge in [-0.2, -0.15) is 4.98 Å². The van der Waals surface area contributed by atoms with Gasteiger partial charge < -0.3 is 9.84 Å². The lowest BCUT2D eigenvalue weighted by molar-refractivity contribution is 0.0937. The Morgan fingerprint density at radius 3 is 3.04 bits per heavy atom. The summed E-state index contributed by atoms with van der Waals surface area (Å²) < 4.78 is 7.11. The Morgan fingerprint density at radius 1 is 1.43 bits per heavy atom. The maximum absolute atomic E-state index is 12.0. The zero-order chi connectivity index (χ0) is 15.8. The number of hydrogen-bond acceptors (Lipinski definition) is 7. The molecule has 0 spiro atoms. The first-order valence-electron chi connectivity index (χ1n) is 7.93. The summed E-state index contributed by atoms with van der Waals surface area (Å²) in [6, 6.07) is 0.324. The van der Waals surface area contributed by atoms with E-state index in [1.54, 1.807) is 10.9 Å². The van der Waals surface area contributed by atoms with Crippen LogP contribution in [0.5, 0.6) is 0 Å². The molecular formula is C14H19N7O2. The van der Waals surface area contributed by atoms with Crippen LogP contribution in [-0.2, 0) is 13.6 Å². The number of likely N-dealkylation sites (tertiary alicyclic amines) is 1. The maximum atomic E-state index is 12.0. The Bertz CT molecular complexity index is 706. The number of rotatable bonds is 5. The summed E-state index contributed by atoms with van der Waals surface area (Å²) in [6.07, 6.45) is 5.83. The molecule has 1 aliphatic heterocycles. The van der Waals surface area contributed by atoms with Crippen LogP contribution in [0.25, 0.3) is 0 Å². The lowest BCUT2D eigenvalue weighted by Gasteiger charge is -2.20. The van der Waals surface area contributed by atoms with E-state index in [4.69, 9.17) is 4.52 Å². The molecule has 1 saturated heterocycles. The SMILES string of the molecule is Cn1nncc1CN1CCC[C@@H]1c1nc(C(=O)NC2CC2)no1. The summed E-state index contributed by atoms with van der Waals surface area (Å²) in [6.45, 7) is 1.67. The average Bonchev–Trinajstić information content (AvgIpc) is 2.96. The second-order valence-electron chi connectivity index (χ2n) is 6.18. The molecule has 1 amide bonds. The van der Waals surface area contributed by atoms with Crippen molar-refractivity contribution in [2.24, 2.45) is 7.05 Å². The number of hydrogen-bond donors (Lipinski definition) is 1. The van der Waals surface area contributed by atoms with Crippen molar-refractivity contribution in [3.63, 3.8) is 0 Å². The van der Waals surface area contributed by atoms with Gasteiger partial charge in [0.25, 0.3) is 11.7 Å². The van der Waals surface area contributed by atoms with E-state index < -0.39 is 0 Å². The van der Waals surface area contributed by atoms with Crippen molar-refractivity contribution in [1.29, 1.82) is 0 Å². The number of aromatic nitrogens is 5.